The van der Waals surface area contributed by atoms with Gasteiger partial charge < -0.3 is 23.8 Å². The molecule has 1 N–H and O–H groups in total. The highest BCUT2D eigenvalue weighted by molar-refractivity contribution is 5.72. The second-order valence-electron chi connectivity index (χ2n) is 13.8. The number of hydrogen-bond donors (Lipinski definition) is 1. The molecule has 0 saturated heterocycles. The first kappa shape index (κ1) is 50.0. The minimum atomic E-state index is -0.898. The van der Waals surface area contributed by atoms with Crippen molar-refractivity contribution in [3.05, 3.63) is 109 Å². The molecule has 0 spiro atoms. The summed E-state index contributed by atoms with van der Waals surface area (Å²) in [6.07, 6.45) is 49.0. The Morgan fingerprint density at radius 3 is 1.41 bits per heavy atom. The van der Waals surface area contributed by atoms with E-state index in [9.17, 15) is 19.5 Å². The lowest BCUT2D eigenvalue weighted by Gasteiger charge is -2.31. The molecule has 2 unspecified atom stereocenters. The number of hydrogen-bond acceptors (Lipinski definition) is 6. The number of carboxylic acid groups (broad SMARTS) is 1. The van der Waals surface area contributed by atoms with Crippen LogP contribution in [0.15, 0.2) is 109 Å². The zero-order valence-electron chi connectivity index (χ0n) is 34.1. The lowest BCUT2D eigenvalue weighted by molar-refractivity contribution is -0.887. The summed E-state index contributed by atoms with van der Waals surface area (Å²) >= 11 is 0. The number of rotatable bonds is 33. The van der Waals surface area contributed by atoms with Crippen LogP contribution in [0.2, 0.25) is 0 Å². The summed E-state index contributed by atoms with van der Waals surface area (Å²) in [7, 11) is 5.46. The predicted molar refractivity (Wildman–Crippen MR) is 224 cm³/mol. The monoisotopic (exact) mass is 751 g/mol. The summed E-state index contributed by atoms with van der Waals surface area (Å²) in [6.45, 7) is 4.30. The number of nitrogens with zero attached hydrogens (tertiary/aromatic N) is 1. The van der Waals surface area contributed by atoms with Crippen LogP contribution >= 0.6 is 0 Å². The average molecular weight is 751 g/mol. The summed E-state index contributed by atoms with van der Waals surface area (Å²) in [4.78, 5) is 36.6. The molecule has 0 heterocycles. The van der Waals surface area contributed by atoms with E-state index >= 15 is 0 Å². The van der Waals surface area contributed by atoms with Crippen molar-refractivity contribution in [2.45, 2.75) is 122 Å². The van der Waals surface area contributed by atoms with Crippen LogP contribution in [-0.4, -0.2) is 80.6 Å². The fraction of sp³-hybridized carbons (Fsp3) is 0.543. The molecular formula is C46H72NO7+. The lowest BCUT2D eigenvalue weighted by Crippen LogP contribution is -2.50. The highest BCUT2D eigenvalue weighted by Crippen LogP contribution is 2.10. The van der Waals surface area contributed by atoms with Gasteiger partial charge in [0, 0.05) is 19.3 Å². The number of quaternary nitrogens is 1. The van der Waals surface area contributed by atoms with E-state index in [0.29, 0.717) is 19.3 Å². The van der Waals surface area contributed by atoms with Gasteiger partial charge in [-0.25, -0.2) is 4.79 Å². The van der Waals surface area contributed by atoms with Gasteiger partial charge in [-0.1, -0.05) is 123 Å². The van der Waals surface area contributed by atoms with Gasteiger partial charge in [-0.2, -0.15) is 0 Å². The number of carbonyl (C=O) groups excluding carboxylic acids is 2. The Labute approximate surface area is 328 Å². The summed E-state index contributed by atoms with van der Waals surface area (Å²) in [6, 6.07) is -0.637. The van der Waals surface area contributed by atoms with Gasteiger partial charge in [-0.15, -0.1) is 0 Å². The lowest BCUT2D eigenvalue weighted by atomic mass is 10.1. The molecule has 0 radical (unpaired) electrons. The van der Waals surface area contributed by atoms with Crippen LogP contribution in [-0.2, 0) is 28.6 Å². The van der Waals surface area contributed by atoms with Gasteiger partial charge in [-0.05, 0) is 77.0 Å². The molecule has 0 aliphatic carbocycles. The fourth-order valence-corrected chi connectivity index (χ4v) is 4.90. The molecule has 8 nitrogen and oxygen atoms in total. The fourth-order valence-electron chi connectivity index (χ4n) is 4.90. The van der Waals surface area contributed by atoms with Crippen molar-refractivity contribution in [1.29, 1.82) is 0 Å². The maximum absolute atomic E-state index is 12.5. The van der Waals surface area contributed by atoms with E-state index < -0.39 is 24.1 Å². The quantitative estimate of drug-likeness (QED) is 0.0309. The number of carbonyl (C=O) groups is 3. The molecule has 0 saturated carbocycles. The minimum absolute atomic E-state index is 0.0114. The van der Waals surface area contributed by atoms with Crippen molar-refractivity contribution in [3.8, 4) is 0 Å². The van der Waals surface area contributed by atoms with Crippen molar-refractivity contribution in [3.63, 3.8) is 0 Å². The number of allylic oxidation sites excluding steroid dienone is 18. The molecule has 54 heavy (non-hydrogen) atoms. The molecule has 0 aromatic carbocycles. The maximum atomic E-state index is 12.5. The average Bonchev–Trinajstić information content (AvgIpc) is 3.12. The SMILES string of the molecule is CC/C=C/C/C=C/C/C=C/C/C=C/C/C=C/C/C=C/C/C=C/CCCC(=O)OCC(COCCC(C(=O)O)[N+](C)(C)C)OC(=O)CC/C=C/C/C=C/CC. The molecular weight excluding hydrogens is 679 g/mol. The molecule has 2 atom stereocenters. The van der Waals surface area contributed by atoms with Gasteiger partial charge >= 0.3 is 17.9 Å². The molecule has 0 bridgehead atoms. The smallest absolute Gasteiger partial charge is 0.362 e. The molecule has 302 valence electrons. The molecule has 0 rings (SSSR count). The van der Waals surface area contributed by atoms with Crippen molar-refractivity contribution in [2.24, 2.45) is 0 Å². The van der Waals surface area contributed by atoms with Crippen molar-refractivity contribution in [2.75, 3.05) is 41.0 Å². The molecule has 8 heteroatoms. The van der Waals surface area contributed by atoms with Crippen LogP contribution in [0.1, 0.15) is 110 Å². The Kier molecular flexibility index (Phi) is 33.3. The largest absolute Gasteiger partial charge is 0.477 e. The van der Waals surface area contributed by atoms with E-state index in [1.54, 1.807) is 0 Å². The second-order valence-corrected chi connectivity index (χ2v) is 13.8. The van der Waals surface area contributed by atoms with E-state index in [1.807, 2.05) is 33.3 Å². The number of likely N-dealkylation sites (N-methyl/N-ethyl adjacent to an activating group) is 1. The molecule has 0 aromatic heterocycles. The zero-order valence-corrected chi connectivity index (χ0v) is 34.1. The number of unbranched alkanes of at least 4 members (excludes halogenated alkanes) is 1. The van der Waals surface area contributed by atoms with Gasteiger partial charge in [0.25, 0.3) is 0 Å². The van der Waals surface area contributed by atoms with Crippen molar-refractivity contribution < 1.29 is 38.2 Å². The van der Waals surface area contributed by atoms with E-state index in [-0.39, 0.29) is 43.1 Å². The summed E-state index contributed by atoms with van der Waals surface area (Å²) < 4.78 is 17.0. The second kappa shape index (κ2) is 36.0. The van der Waals surface area contributed by atoms with Gasteiger partial charge in [0.05, 0.1) is 34.4 Å². The first-order chi connectivity index (χ1) is 26.1. The van der Waals surface area contributed by atoms with Gasteiger partial charge in [0.1, 0.15) is 6.61 Å². The van der Waals surface area contributed by atoms with E-state index in [4.69, 9.17) is 14.2 Å². The number of esters is 2. The zero-order chi connectivity index (χ0) is 40.0. The molecule has 0 aromatic rings. The topological polar surface area (TPSA) is 99.1 Å². The van der Waals surface area contributed by atoms with Crippen LogP contribution in [0, 0.1) is 0 Å². The maximum Gasteiger partial charge on any atom is 0.362 e. The third kappa shape index (κ3) is 33.8. The van der Waals surface area contributed by atoms with Crippen molar-refractivity contribution in [1.82, 2.24) is 0 Å². The third-order valence-electron chi connectivity index (χ3n) is 7.93. The van der Waals surface area contributed by atoms with Crippen LogP contribution in [0.25, 0.3) is 0 Å². The Morgan fingerprint density at radius 1 is 0.556 bits per heavy atom. The van der Waals surface area contributed by atoms with E-state index in [2.05, 4.69) is 111 Å². The van der Waals surface area contributed by atoms with Gasteiger partial charge in [-0.3, -0.25) is 9.59 Å². The number of aliphatic carboxylic acids is 1. The van der Waals surface area contributed by atoms with Crippen LogP contribution in [0.4, 0.5) is 0 Å². The molecule has 0 amide bonds. The summed E-state index contributed by atoms with van der Waals surface area (Å²) in [5.74, 6) is -1.66. The molecule has 0 aliphatic rings. The minimum Gasteiger partial charge on any atom is -0.477 e. The number of carboxylic acids is 1. The van der Waals surface area contributed by atoms with Gasteiger partial charge in [0.15, 0.2) is 12.1 Å². The Hall–Kier alpha value is -4.01. The Balaban J connectivity index is 4.40. The van der Waals surface area contributed by atoms with Crippen LogP contribution in [0.5, 0.6) is 0 Å². The first-order valence-electron chi connectivity index (χ1n) is 19.9. The normalized spacial score (nSPS) is 14.2. The Morgan fingerprint density at radius 2 is 0.981 bits per heavy atom. The van der Waals surface area contributed by atoms with Crippen LogP contribution < -0.4 is 0 Å². The van der Waals surface area contributed by atoms with Crippen molar-refractivity contribution >= 4 is 17.9 Å². The van der Waals surface area contributed by atoms with Crippen LogP contribution in [0.3, 0.4) is 0 Å². The Bertz CT molecular complexity index is 1240. The van der Waals surface area contributed by atoms with Gasteiger partial charge in [0.2, 0.25) is 0 Å². The number of ether oxygens (including phenoxy) is 3. The highest BCUT2D eigenvalue weighted by Gasteiger charge is 2.31. The predicted octanol–water partition coefficient (Wildman–Crippen LogP) is 10.5. The first-order valence-corrected chi connectivity index (χ1v) is 19.9. The molecule has 0 aliphatic heterocycles. The van der Waals surface area contributed by atoms with E-state index in [1.165, 1.54) is 0 Å². The third-order valence-corrected chi connectivity index (χ3v) is 7.93. The molecule has 0 fully saturated rings. The summed E-state index contributed by atoms with van der Waals surface area (Å²) in [5.41, 5.74) is 0. The standard InChI is InChI=1S/C46H71NO7/c1-6-8-10-12-14-15-16-17-18-19-20-21-22-23-24-25-26-27-28-29-31-32-34-36-44(48)53-41-42(40-52-39-38-43(46(50)51)47(3,4)5)54-45(49)37-35-33-30-13-11-9-7-2/h8-11,14-15,17-18,20-21,23-24,26-27,29-31,33,42-43H,6-7,12-13,16,19,22,25,28,32,34-41H2,1-5H3/p+1/b10-8+,11-9+,15-14+,18-17+,21-20+,24-23+,27-26+,31-29+,33-30+. The highest BCUT2D eigenvalue weighted by atomic mass is 16.6. The summed E-state index contributed by atoms with van der Waals surface area (Å²) in [5, 5.41) is 9.56. The van der Waals surface area contributed by atoms with E-state index in [0.717, 1.165) is 64.2 Å².